The van der Waals surface area contributed by atoms with E-state index in [1.807, 2.05) is 6.07 Å². The Morgan fingerprint density at radius 2 is 1.29 bits per heavy atom. The summed E-state index contributed by atoms with van der Waals surface area (Å²) in [5.41, 5.74) is 0. The zero-order valence-corrected chi connectivity index (χ0v) is 18.8. The van der Waals surface area contributed by atoms with Crippen molar-refractivity contribution in [2.24, 2.45) is 0 Å². The predicted molar refractivity (Wildman–Crippen MR) is 101 cm³/mol. The maximum atomic E-state index is 6.52. The molecule has 0 aliphatic rings. The highest BCUT2D eigenvalue weighted by Crippen LogP contribution is 2.18. The molecule has 21 heavy (non-hydrogen) atoms. The number of rotatable bonds is 7. The van der Waals surface area contributed by atoms with E-state index >= 15 is 0 Å². The van der Waals surface area contributed by atoms with Crippen LogP contribution in [-0.4, -0.2) is 34.5 Å². The Morgan fingerprint density at radius 3 is 1.71 bits per heavy atom. The molecule has 0 aliphatic carbocycles. The van der Waals surface area contributed by atoms with E-state index in [1.165, 1.54) is 5.19 Å². The van der Waals surface area contributed by atoms with Gasteiger partial charge in [0.15, 0.2) is 16.6 Å². The molecule has 0 saturated heterocycles. The Morgan fingerprint density at radius 1 is 0.762 bits per heavy atom. The minimum atomic E-state index is -2.40. The largest absolute Gasteiger partial charge is 0.439 e. The normalized spacial score (nSPS) is 17.3. The molecule has 3 nitrogen and oxygen atoms in total. The molecule has 0 aliphatic heterocycles. The van der Waals surface area contributed by atoms with Gasteiger partial charge in [0, 0.05) is 0 Å². The van der Waals surface area contributed by atoms with Gasteiger partial charge in [0.25, 0.3) is 9.28 Å². The highest BCUT2D eigenvalue weighted by atomic mass is 28.5. The van der Waals surface area contributed by atoms with Gasteiger partial charge in [-0.15, -0.1) is 0 Å². The molecule has 2 unspecified atom stereocenters. The van der Waals surface area contributed by atoms with Gasteiger partial charge in [0.05, 0.1) is 0 Å². The molecule has 7 heteroatoms. The van der Waals surface area contributed by atoms with Crippen LogP contribution in [0.4, 0.5) is 0 Å². The van der Waals surface area contributed by atoms with Crippen molar-refractivity contribution in [2.75, 3.05) is 0 Å². The van der Waals surface area contributed by atoms with Crippen LogP contribution in [0.15, 0.2) is 30.3 Å². The van der Waals surface area contributed by atoms with Crippen LogP contribution in [-0.2, 0) is 12.3 Å². The standard InChI is InChI=1S/C14H30O3Si4/c1-18(15-19(2,3)4)16-21(8,17-20(5,6)7)14-12-10-9-11-13-14/h9-13,18H,1-8H3. The minimum Gasteiger partial charge on any atom is -0.439 e. The second kappa shape index (κ2) is 7.03. The van der Waals surface area contributed by atoms with Crippen LogP contribution in [0.5, 0.6) is 0 Å². The molecular weight excluding hydrogens is 328 g/mol. The summed E-state index contributed by atoms with van der Waals surface area (Å²) < 4.78 is 19.2. The topological polar surface area (TPSA) is 27.7 Å². The SMILES string of the molecule is C[SiH](O[Si](C)(C)C)O[Si](C)(O[Si](C)(C)C)c1ccccc1. The minimum absolute atomic E-state index is 1.20. The third kappa shape index (κ3) is 7.18. The summed E-state index contributed by atoms with van der Waals surface area (Å²) in [5, 5.41) is 1.20. The van der Waals surface area contributed by atoms with Crippen molar-refractivity contribution in [3.8, 4) is 0 Å². The maximum Gasteiger partial charge on any atom is 0.350 e. The van der Waals surface area contributed by atoms with Crippen molar-refractivity contribution in [1.29, 1.82) is 0 Å². The van der Waals surface area contributed by atoms with Crippen molar-refractivity contribution in [3.63, 3.8) is 0 Å². The van der Waals surface area contributed by atoms with E-state index in [0.717, 1.165) is 0 Å². The highest BCUT2D eigenvalue weighted by Gasteiger charge is 2.41. The maximum absolute atomic E-state index is 6.52. The van der Waals surface area contributed by atoms with E-state index in [4.69, 9.17) is 12.3 Å². The molecule has 120 valence electrons. The van der Waals surface area contributed by atoms with Gasteiger partial charge in [0.1, 0.15) is 0 Å². The summed E-state index contributed by atoms with van der Waals surface area (Å²) in [4.78, 5) is 0. The van der Waals surface area contributed by atoms with Crippen LogP contribution in [0, 0.1) is 0 Å². The summed E-state index contributed by atoms with van der Waals surface area (Å²) in [6.07, 6.45) is 0. The third-order valence-electron chi connectivity index (χ3n) is 2.71. The summed E-state index contributed by atoms with van der Waals surface area (Å²) in [6.45, 7) is 17.6. The van der Waals surface area contributed by atoms with Crippen LogP contribution < -0.4 is 5.19 Å². The monoisotopic (exact) mass is 358 g/mol. The Hall–Kier alpha value is -0.0325. The van der Waals surface area contributed by atoms with Crippen molar-refractivity contribution >= 4 is 39.7 Å². The molecular formula is C14H30O3Si4. The lowest BCUT2D eigenvalue weighted by Crippen LogP contribution is -2.59. The first kappa shape index (κ1) is 19.0. The molecule has 0 amide bonds. The van der Waals surface area contributed by atoms with Gasteiger partial charge in [-0.2, -0.15) is 0 Å². The molecule has 1 aromatic rings. The molecule has 0 aromatic heterocycles. The molecule has 0 bridgehead atoms. The summed E-state index contributed by atoms with van der Waals surface area (Å²) >= 11 is 0. The lowest BCUT2D eigenvalue weighted by Gasteiger charge is -2.37. The van der Waals surface area contributed by atoms with Crippen molar-refractivity contribution in [3.05, 3.63) is 30.3 Å². The number of hydrogen-bond donors (Lipinski definition) is 0. The Bertz CT molecular complexity index is 442. The third-order valence-corrected chi connectivity index (χ3v) is 15.4. The predicted octanol–water partition coefficient (Wildman–Crippen LogP) is 3.54. The van der Waals surface area contributed by atoms with E-state index in [2.05, 4.69) is 76.6 Å². The summed E-state index contributed by atoms with van der Waals surface area (Å²) in [6, 6.07) is 10.4. The van der Waals surface area contributed by atoms with Crippen LogP contribution in [0.2, 0.25) is 52.4 Å². The average Bonchev–Trinajstić information content (AvgIpc) is 2.24. The van der Waals surface area contributed by atoms with E-state index in [0.29, 0.717) is 0 Å². The van der Waals surface area contributed by atoms with E-state index in [9.17, 15) is 0 Å². The molecule has 1 aromatic carbocycles. The zero-order valence-electron chi connectivity index (χ0n) is 14.7. The van der Waals surface area contributed by atoms with Crippen molar-refractivity contribution in [1.82, 2.24) is 0 Å². The fourth-order valence-corrected chi connectivity index (χ4v) is 16.6. The summed E-state index contributed by atoms with van der Waals surface area (Å²) in [5.74, 6) is 0. The van der Waals surface area contributed by atoms with Gasteiger partial charge in [-0.3, -0.25) is 0 Å². The molecule has 0 saturated carbocycles. The van der Waals surface area contributed by atoms with Gasteiger partial charge in [-0.25, -0.2) is 0 Å². The first-order valence-corrected chi connectivity index (χ1v) is 18.8. The quantitative estimate of drug-likeness (QED) is 0.698. The smallest absolute Gasteiger partial charge is 0.350 e. The first-order valence-electron chi connectivity index (χ1n) is 7.53. The molecule has 0 radical (unpaired) electrons. The first-order chi connectivity index (χ1) is 9.41. The average molecular weight is 359 g/mol. The zero-order chi connectivity index (χ0) is 16.3. The van der Waals surface area contributed by atoms with Crippen molar-refractivity contribution < 1.29 is 12.3 Å². The highest BCUT2D eigenvalue weighted by molar-refractivity contribution is 6.92. The summed E-state index contributed by atoms with van der Waals surface area (Å²) in [7, 11) is -7.34. The van der Waals surface area contributed by atoms with Crippen LogP contribution in [0.3, 0.4) is 0 Å². The Labute approximate surface area is 135 Å². The second-order valence-electron chi connectivity index (χ2n) is 7.44. The molecule has 0 fully saturated rings. The van der Waals surface area contributed by atoms with E-state index in [-0.39, 0.29) is 0 Å². The second-order valence-corrected chi connectivity index (χ2v) is 22.2. The van der Waals surface area contributed by atoms with E-state index < -0.39 is 34.5 Å². The fraction of sp³-hybridized carbons (Fsp3) is 0.571. The Kier molecular flexibility index (Phi) is 6.37. The lowest BCUT2D eigenvalue weighted by molar-refractivity contribution is 0.359. The Balaban J connectivity index is 2.98. The van der Waals surface area contributed by atoms with Crippen LogP contribution in [0.1, 0.15) is 0 Å². The molecule has 1 rings (SSSR count). The van der Waals surface area contributed by atoms with Gasteiger partial charge >= 0.3 is 8.56 Å². The number of benzene rings is 1. The van der Waals surface area contributed by atoms with E-state index in [1.54, 1.807) is 0 Å². The molecule has 2 atom stereocenters. The van der Waals surface area contributed by atoms with Gasteiger partial charge in [-0.1, -0.05) is 30.3 Å². The van der Waals surface area contributed by atoms with Gasteiger partial charge < -0.3 is 12.3 Å². The van der Waals surface area contributed by atoms with Crippen molar-refractivity contribution in [2.45, 2.75) is 52.4 Å². The van der Waals surface area contributed by atoms with Crippen LogP contribution >= 0.6 is 0 Å². The molecule has 0 heterocycles. The van der Waals surface area contributed by atoms with Gasteiger partial charge in [-0.05, 0) is 57.6 Å². The van der Waals surface area contributed by atoms with Gasteiger partial charge in [0.2, 0.25) is 0 Å². The number of hydrogen-bond acceptors (Lipinski definition) is 3. The lowest BCUT2D eigenvalue weighted by atomic mass is 10.4. The molecule has 0 spiro atoms. The molecule has 0 N–H and O–H groups in total. The van der Waals surface area contributed by atoms with Crippen LogP contribution in [0.25, 0.3) is 0 Å². The fourth-order valence-electron chi connectivity index (χ4n) is 2.31.